The molecule has 0 bridgehead atoms. The van der Waals surface area contributed by atoms with Crippen molar-refractivity contribution in [3.05, 3.63) is 59.7 Å². The van der Waals surface area contributed by atoms with Gasteiger partial charge in [0, 0.05) is 17.8 Å². The Hall–Kier alpha value is -2.17. The topological polar surface area (TPSA) is 72.3 Å². The van der Waals surface area contributed by atoms with Gasteiger partial charge in [-0.3, -0.25) is 9.69 Å². The van der Waals surface area contributed by atoms with Gasteiger partial charge in [-0.25, -0.2) is 0 Å². The number of carbonyl (C=O) groups is 1. The van der Waals surface area contributed by atoms with Crippen LogP contribution >= 0.6 is 0 Å². The van der Waals surface area contributed by atoms with Gasteiger partial charge in [0.25, 0.3) is 0 Å². The molecule has 4 N–H and O–H groups in total. The minimum atomic E-state index is 0.0874. The third-order valence-electron chi connectivity index (χ3n) is 4.28. The number of nitrogens with two attached hydrogens (primary N) is 2. The van der Waals surface area contributed by atoms with Crippen LogP contribution in [0.2, 0.25) is 0 Å². The molecule has 4 nitrogen and oxygen atoms in total. The molecule has 0 aliphatic carbocycles. The lowest BCUT2D eigenvalue weighted by atomic mass is 10.1. The maximum absolute atomic E-state index is 12.5. The van der Waals surface area contributed by atoms with Gasteiger partial charge in [0.15, 0.2) is 0 Å². The van der Waals surface area contributed by atoms with E-state index in [0.717, 1.165) is 37.1 Å². The Kier molecular flexibility index (Phi) is 7.64. The van der Waals surface area contributed by atoms with Crippen molar-refractivity contribution in [3.63, 3.8) is 0 Å². The lowest BCUT2D eigenvalue weighted by Gasteiger charge is -2.23. The van der Waals surface area contributed by atoms with Gasteiger partial charge in [-0.2, -0.15) is 0 Å². The largest absolute Gasteiger partial charge is 0.330 e. The van der Waals surface area contributed by atoms with Crippen molar-refractivity contribution < 1.29 is 4.79 Å². The van der Waals surface area contributed by atoms with Gasteiger partial charge in [-0.1, -0.05) is 31.2 Å². The number of carbonyl (C=O) groups excluding carboxylic acids is 1. The summed E-state index contributed by atoms with van der Waals surface area (Å²) >= 11 is 0. The zero-order valence-electron chi connectivity index (χ0n) is 15.1. The molecular formula is C21H29N3O. The van der Waals surface area contributed by atoms with Gasteiger partial charge in [-0.15, -0.1) is 0 Å². The van der Waals surface area contributed by atoms with Crippen LogP contribution in [0.4, 0.5) is 11.4 Å². The number of benzene rings is 2. The molecule has 0 spiro atoms. The highest BCUT2D eigenvalue weighted by atomic mass is 16.2. The molecule has 2 rings (SSSR count). The number of hydrogen-bond acceptors (Lipinski definition) is 3. The fourth-order valence-corrected chi connectivity index (χ4v) is 2.83. The lowest BCUT2D eigenvalue weighted by molar-refractivity contribution is -0.117. The van der Waals surface area contributed by atoms with Gasteiger partial charge in [0.05, 0.1) is 0 Å². The molecule has 0 fully saturated rings. The summed E-state index contributed by atoms with van der Waals surface area (Å²) in [4.78, 5) is 14.3. The van der Waals surface area contributed by atoms with Crippen molar-refractivity contribution in [1.82, 2.24) is 0 Å². The number of rotatable bonds is 9. The first-order valence-electron chi connectivity index (χ1n) is 9.10. The van der Waals surface area contributed by atoms with Crippen LogP contribution in [0.5, 0.6) is 0 Å². The fourth-order valence-electron chi connectivity index (χ4n) is 2.83. The van der Waals surface area contributed by atoms with E-state index in [2.05, 4.69) is 24.3 Å². The SMILES string of the molecule is CCC(=O)N(c1ccc(CCCN)cc1)c1ccc(CCCN)cc1. The first-order valence-corrected chi connectivity index (χ1v) is 9.10. The van der Waals surface area contributed by atoms with Crippen molar-refractivity contribution in [2.45, 2.75) is 39.0 Å². The predicted molar refractivity (Wildman–Crippen MR) is 105 cm³/mol. The van der Waals surface area contributed by atoms with E-state index in [1.165, 1.54) is 11.1 Å². The van der Waals surface area contributed by atoms with E-state index in [0.29, 0.717) is 19.5 Å². The van der Waals surface area contributed by atoms with Gasteiger partial charge < -0.3 is 11.5 Å². The highest BCUT2D eigenvalue weighted by Gasteiger charge is 2.16. The van der Waals surface area contributed by atoms with Gasteiger partial charge in [0.1, 0.15) is 0 Å². The smallest absolute Gasteiger partial charge is 0.231 e. The molecule has 0 unspecified atom stereocenters. The molecule has 4 heteroatoms. The van der Waals surface area contributed by atoms with E-state index >= 15 is 0 Å². The van der Waals surface area contributed by atoms with Crippen molar-refractivity contribution in [1.29, 1.82) is 0 Å². The average Bonchev–Trinajstić information content (AvgIpc) is 2.66. The van der Waals surface area contributed by atoms with E-state index in [-0.39, 0.29) is 5.91 Å². The fraction of sp³-hybridized carbons (Fsp3) is 0.381. The molecule has 0 aliphatic rings. The molecule has 2 aromatic rings. The van der Waals surface area contributed by atoms with E-state index in [1.807, 2.05) is 31.2 Å². The van der Waals surface area contributed by atoms with E-state index < -0.39 is 0 Å². The molecule has 0 saturated carbocycles. The number of hydrogen-bond donors (Lipinski definition) is 2. The predicted octanol–water partition coefficient (Wildman–Crippen LogP) is 3.54. The number of anilines is 2. The van der Waals surface area contributed by atoms with Gasteiger partial charge in [-0.05, 0) is 74.2 Å². The minimum absolute atomic E-state index is 0.0874. The first-order chi connectivity index (χ1) is 12.2. The zero-order valence-corrected chi connectivity index (χ0v) is 15.1. The Morgan fingerprint density at radius 2 is 1.20 bits per heavy atom. The van der Waals surface area contributed by atoms with Crippen molar-refractivity contribution >= 4 is 17.3 Å². The first kappa shape index (κ1) is 19.2. The van der Waals surface area contributed by atoms with Gasteiger partial charge in [0.2, 0.25) is 5.91 Å². The average molecular weight is 339 g/mol. The summed E-state index contributed by atoms with van der Waals surface area (Å²) < 4.78 is 0. The summed E-state index contributed by atoms with van der Waals surface area (Å²) in [6.07, 6.45) is 4.34. The second-order valence-corrected chi connectivity index (χ2v) is 6.20. The Labute approximate surface area is 150 Å². The summed E-state index contributed by atoms with van der Waals surface area (Å²) in [5, 5.41) is 0. The summed E-state index contributed by atoms with van der Waals surface area (Å²) in [7, 11) is 0. The van der Waals surface area contributed by atoms with Crippen LogP contribution in [0.3, 0.4) is 0 Å². The third-order valence-corrected chi connectivity index (χ3v) is 4.28. The van der Waals surface area contributed by atoms with Crippen LogP contribution in [-0.2, 0) is 17.6 Å². The number of aryl methyl sites for hydroxylation is 2. The number of nitrogens with zero attached hydrogens (tertiary/aromatic N) is 1. The summed E-state index contributed by atoms with van der Waals surface area (Å²) in [5.74, 6) is 0.0874. The summed E-state index contributed by atoms with van der Waals surface area (Å²) in [6, 6.07) is 16.4. The van der Waals surface area contributed by atoms with Crippen LogP contribution in [0.1, 0.15) is 37.3 Å². The van der Waals surface area contributed by atoms with Crippen LogP contribution in [0.25, 0.3) is 0 Å². The Morgan fingerprint density at radius 1 is 0.800 bits per heavy atom. The molecule has 0 saturated heterocycles. The van der Waals surface area contributed by atoms with Crippen molar-refractivity contribution in [3.8, 4) is 0 Å². The number of amides is 1. The van der Waals surface area contributed by atoms with Crippen LogP contribution < -0.4 is 16.4 Å². The maximum atomic E-state index is 12.5. The maximum Gasteiger partial charge on any atom is 0.231 e. The van der Waals surface area contributed by atoms with Crippen LogP contribution in [0.15, 0.2) is 48.5 Å². The van der Waals surface area contributed by atoms with E-state index in [4.69, 9.17) is 11.5 Å². The highest BCUT2D eigenvalue weighted by molar-refractivity contribution is 6.00. The molecular weight excluding hydrogens is 310 g/mol. The second kappa shape index (κ2) is 9.97. The van der Waals surface area contributed by atoms with Crippen molar-refractivity contribution in [2.24, 2.45) is 11.5 Å². The van der Waals surface area contributed by atoms with Crippen molar-refractivity contribution in [2.75, 3.05) is 18.0 Å². The molecule has 25 heavy (non-hydrogen) atoms. The van der Waals surface area contributed by atoms with E-state index in [9.17, 15) is 4.79 Å². The molecule has 0 radical (unpaired) electrons. The second-order valence-electron chi connectivity index (χ2n) is 6.20. The molecule has 2 aromatic carbocycles. The molecule has 0 aliphatic heterocycles. The molecule has 1 amide bonds. The zero-order chi connectivity index (χ0) is 18.1. The van der Waals surface area contributed by atoms with E-state index in [1.54, 1.807) is 4.90 Å². The summed E-state index contributed by atoms with van der Waals surface area (Å²) in [5.41, 5.74) is 15.4. The molecule has 0 heterocycles. The Morgan fingerprint density at radius 3 is 1.52 bits per heavy atom. The molecule has 0 aromatic heterocycles. The van der Waals surface area contributed by atoms with Gasteiger partial charge >= 0.3 is 0 Å². The quantitative estimate of drug-likeness (QED) is 0.734. The minimum Gasteiger partial charge on any atom is -0.330 e. The third kappa shape index (κ3) is 5.41. The molecule has 134 valence electrons. The summed E-state index contributed by atoms with van der Waals surface area (Å²) in [6.45, 7) is 3.28. The highest BCUT2D eigenvalue weighted by Crippen LogP contribution is 2.27. The van der Waals surface area contributed by atoms with Crippen LogP contribution in [-0.4, -0.2) is 19.0 Å². The monoisotopic (exact) mass is 339 g/mol. The standard InChI is InChI=1S/C21H29N3O/c1-2-21(25)24(19-11-7-17(8-12-19)5-3-15-22)20-13-9-18(10-14-20)6-4-16-23/h7-14H,2-6,15-16,22-23H2,1H3. The lowest BCUT2D eigenvalue weighted by Crippen LogP contribution is -2.24. The Bertz CT molecular complexity index is 598. The Balaban J connectivity index is 2.22. The molecule has 0 atom stereocenters. The van der Waals surface area contributed by atoms with Crippen LogP contribution in [0, 0.1) is 0 Å². The normalized spacial score (nSPS) is 10.7.